The molecule has 8 heteroatoms. The van der Waals surface area contributed by atoms with Gasteiger partial charge in [-0.25, -0.2) is 13.2 Å². The van der Waals surface area contributed by atoms with Crippen molar-refractivity contribution in [3.63, 3.8) is 0 Å². The maximum atomic E-state index is 13.6. The zero-order chi connectivity index (χ0) is 23.1. The Hall–Kier alpha value is -3.36. The van der Waals surface area contributed by atoms with Crippen molar-refractivity contribution in [1.29, 1.82) is 0 Å². The number of carbonyl (C=O) groups excluding carboxylic acids is 1. The van der Waals surface area contributed by atoms with Gasteiger partial charge < -0.3 is 14.2 Å². The van der Waals surface area contributed by atoms with E-state index in [9.17, 15) is 13.2 Å². The van der Waals surface area contributed by atoms with Crippen molar-refractivity contribution in [1.82, 2.24) is 4.31 Å². The lowest BCUT2D eigenvalue weighted by molar-refractivity contribution is 0.0600. The van der Waals surface area contributed by atoms with Crippen molar-refractivity contribution >= 4 is 16.0 Å². The van der Waals surface area contributed by atoms with E-state index in [1.807, 2.05) is 30.3 Å². The van der Waals surface area contributed by atoms with E-state index in [1.54, 1.807) is 30.3 Å². The van der Waals surface area contributed by atoms with Crippen LogP contribution in [0, 0.1) is 0 Å². The second-order valence-electron chi connectivity index (χ2n) is 6.97. The van der Waals surface area contributed by atoms with Crippen LogP contribution in [0.4, 0.5) is 0 Å². The van der Waals surface area contributed by atoms with Crippen LogP contribution in [0.25, 0.3) is 0 Å². The van der Waals surface area contributed by atoms with Crippen LogP contribution in [-0.4, -0.2) is 40.0 Å². The minimum atomic E-state index is -3.91. The zero-order valence-electron chi connectivity index (χ0n) is 18.1. The number of methoxy groups -OCH3 is 3. The second-order valence-corrected chi connectivity index (χ2v) is 8.91. The Balaban J connectivity index is 2.02. The number of hydrogen-bond donors (Lipinski definition) is 0. The van der Waals surface area contributed by atoms with Crippen LogP contribution in [0.3, 0.4) is 0 Å². The van der Waals surface area contributed by atoms with Gasteiger partial charge in [0.2, 0.25) is 10.0 Å². The lowest BCUT2D eigenvalue weighted by Crippen LogP contribution is -2.30. The van der Waals surface area contributed by atoms with Crippen LogP contribution in [0.15, 0.2) is 77.7 Å². The molecular weight excluding hydrogens is 430 g/mol. The van der Waals surface area contributed by atoms with Gasteiger partial charge in [0, 0.05) is 19.2 Å². The molecule has 0 aliphatic carbocycles. The van der Waals surface area contributed by atoms with E-state index in [2.05, 4.69) is 0 Å². The minimum absolute atomic E-state index is 0.0659. The first kappa shape index (κ1) is 23.3. The first-order chi connectivity index (χ1) is 15.4. The molecule has 0 unspecified atom stereocenters. The van der Waals surface area contributed by atoms with E-state index in [-0.39, 0.29) is 18.0 Å². The summed E-state index contributed by atoms with van der Waals surface area (Å²) in [6.45, 7) is 0.219. The number of esters is 1. The number of nitrogens with zero attached hydrogens (tertiary/aromatic N) is 1. The fourth-order valence-corrected chi connectivity index (χ4v) is 4.69. The predicted molar refractivity (Wildman–Crippen MR) is 120 cm³/mol. The Bertz CT molecular complexity index is 1180. The van der Waals surface area contributed by atoms with E-state index < -0.39 is 16.0 Å². The van der Waals surface area contributed by atoms with E-state index in [0.29, 0.717) is 22.6 Å². The van der Waals surface area contributed by atoms with E-state index in [1.165, 1.54) is 37.8 Å². The molecule has 0 aromatic heterocycles. The SMILES string of the molecule is COC(=O)c1cccc(CN(Cc2ccccc2)S(=O)(=O)c2ccc(OC)c(OC)c2)c1. The fourth-order valence-electron chi connectivity index (χ4n) is 3.26. The Morgan fingerprint density at radius 3 is 2.09 bits per heavy atom. The van der Waals surface area contributed by atoms with Gasteiger partial charge in [0.15, 0.2) is 11.5 Å². The summed E-state index contributed by atoms with van der Waals surface area (Å²) in [5, 5.41) is 0. The molecule has 0 saturated heterocycles. The summed E-state index contributed by atoms with van der Waals surface area (Å²) in [4.78, 5) is 12.0. The van der Waals surface area contributed by atoms with Crippen molar-refractivity contribution < 1.29 is 27.4 Å². The number of rotatable bonds is 9. The Labute approximate surface area is 188 Å². The number of ether oxygens (including phenoxy) is 3. The highest BCUT2D eigenvalue weighted by Crippen LogP contribution is 2.31. The molecule has 3 aromatic carbocycles. The monoisotopic (exact) mass is 455 g/mol. The van der Waals surface area contributed by atoms with Gasteiger partial charge >= 0.3 is 5.97 Å². The largest absolute Gasteiger partial charge is 0.493 e. The average Bonchev–Trinajstić information content (AvgIpc) is 2.83. The van der Waals surface area contributed by atoms with Crippen molar-refractivity contribution in [2.75, 3.05) is 21.3 Å². The number of hydrogen-bond acceptors (Lipinski definition) is 6. The molecule has 0 bridgehead atoms. The molecule has 3 rings (SSSR count). The molecule has 3 aromatic rings. The highest BCUT2D eigenvalue weighted by Gasteiger charge is 2.26. The fraction of sp³-hybridized carbons (Fsp3) is 0.208. The Kier molecular flexibility index (Phi) is 7.50. The molecule has 0 amide bonds. The predicted octanol–water partition coefficient (Wildman–Crippen LogP) is 3.88. The van der Waals surface area contributed by atoms with E-state index in [0.717, 1.165) is 5.56 Å². The minimum Gasteiger partial charge on any atom is -0.493 e. The summed E-state index contributed by atoms with van der Waals surface area (Å²) in [6, 6.07) is 20.5. The molecule has 0 spiro atoms. The highest BCUT2D eigenvalue weighted by atomic mass is 32.2. The molecule has 0 radical (unpaired) electrons. The topological polar surface area (TPSA) is 82.1 Å². The molecule has 0 saturated carbocycles. The number of benzene rings is 3. The van der Waals surface area contributed by atoms with Gasteiger partial charge in [0.25, 0.3) is 0 Å². The summed E-state index contributed by atoms with van der Waals surface area (Å²) >= 11 is 0. The van der Waals surface area contributed by atoms with Crippen molar-refractivity contribution in [2.45, 2.75) is 18.0 Å². The van der Waals surface area contributed by atoms with Crippen molar-refractivity contribution in [3.8, 4) is 11.5 Å². The third-order valence-corrected chi connectivity index (χ3v) is 6.69. The molecule has 0 aliphatic heterocycles. The molecule has 0 heterocycles. The summed E-state index contributed by atoms with van der Waals surface area (Å²) in [6.07, 6.45) is 0. The van der Waals surface area contributed by atoms with Crippen molar-refractivity contribution in [3.05, 3.63) is 89.5 Å². The molecule has 7 nitrogen and oxygen atoms in total. The van der Waals surface area contributed by atoms with Crippen LogP contribution in [-0.2, 0) is 27.8 Å². The van der Waals surface area contributed by atoms with Gasteiger partial charge in [-0.3, -0.25) is 0 Å². The van der Waals surface area contributed by atoms with Crippen LogP contribution in [0.5, 0.6) is 11.5 Å². The molecular formula is C24H25NO6S. The summed E-state index contributed by atoms with van der Waals surface area (Å²) < 4.78 is 43.9. The molecule has 168 valence electrons. The Morgan fingerprint density at radius 2 is 1.44 bits per heavy atom. The maximum absolute atomic E-state index is 13.6. The van der Waals surface area contributed by atoms with Gasteiger partial charge in [-0.15, -0.1) is 0 Å². The maximum Gasteiger partial charge on any atom is 0.337 e. The zero-order valence-corrected chi connectivity index (χ0v) is 19.0. The lowest BCUT2D eigenvalue weighted by Gasteiger charge is -2.23. The molecule has 0 atom stereocenters. The van der Waals surface area contributed by atoms with Gasteiger partial charge in [-0.1, -0.05) is 42.5 Å². The van der Waals surface area contributed by atoms with Crippen molar-refractivity contribution in [2.24, 2.45) is 0 Å². The first-order valence-electron chi connectivity index (χ1n) is 9.82. The first-order valence-corrected chi connectivity index (χ1v) is 11.3. The average molecular weight is 456 g/mol. The highest BCUT2D eigenvalue weighted by molar-refractivity contribution is 7.89. The summed E-state index contributed by atoms with van der Waals surface area (Å²) in [5.41, 5.74) is 1.85. The van der Waals surface area contributed by atoms with Gasteiger partial charge in [0.1, 0.15) is 0 Å². The van der Waals surface area contributed by atoms with Crippen LogP contribution in [0.2, 0.25) is 0 Å². The van der Waals surface area contributed by atoms with Gasteiger partial charge in [-0.2, -0.15) is 4.31 Å². The molecule has 0 fully saturated rings. The standard InChI is InChI=1S/C24H25NO6S/c1-29-22-13-12-21(15-23(22)30-2)32(27,28)25(16-18-8-5-4-6-9-18)17-19-10-7-11-20(14-19)24(26)31-3/h4-15H,16-17H2,1-3H3. The van der Waals surface area contributed by atoms with Crippen LogP contribution >= 0.6 is 0 Å². The smallest absolute Gasteiger partial charge is 0.337 e. The van der Waals surface area contributed by atoms with Crippen LogP contribution < -0.4 is 9.47 Å². The van der Waals surface area contributed by atoms with E-state index >= 15 is 0 Å². The third kappa shape index (κ3) is 5.27. The van der Waals surface area contributed by atoms with Gasteiger partial charge in [-0.05, 0) is 35.4 Å². The van der Waals surface area contributed by atoms with Crippen LogP contribution in [0.1, 0.15) is 21.5 Å². The number of carbonyl (C=O) groups is 1. The summed E-state index contributed by atoms with van der Waals surface area (Å²) in [5.74, 6) is 0.275. The normalized spacial score (nSPS) is 11.2. The Morgan fingerprint density at radius 1 is 0.781 bits per heavy atom. The molecule has 0 aliphatic rings. The lowest BCUT2D eigenvalue weighted by atomic mass is 10.1. The summed E-state index contributed by atoms with van der Waals surface area (Å²) in [7, 11) is 0.333. The quantitative estimate of drug-likeness (QED) is 0.456. The molecule has 0 N–H and O–H groups in total. The third-order valence-electron chi connectivity index (χ3n) is 4.90. The number of sulfonamides is 1. The second kappa shape index (κ2) is 10.3. The van der Waals surface area contributed by atoms with Gasteiger partial charge in [0.05, 0.1) is 31.8 Å². The molecule has 32 heavy (non-hydrogen) atoms. The van der Waals surface area contributed by atoms with E-state index in [4.69, 9.17) is 14.2 Å².